The molecule has 0 aliphatic carbocycles. The summed E-state index contributed by atoms with van der Waals surface area (Å²) in [4.78, 5) is 12.7. The summed E-state index contributed by atoms with van der Waals surface area (Å²) in [5, 5.41) is 8.80. The Morgan fingerprint density at radius 1 is 1.53 bits per heavy atom. The van der Waals surface area contributed by atoms with Gasteiger partial charge < -0.3 is 5.11 Å². The Morgan fingerprint density at radius 2 is 2.24 bits per heavy atom. The Morgan fingerprint density at radius 3 is 2.82 bits per heavy atom. The molecule has 0 spiro atoms. The number of carbonyl (C=O) groups is 1. The van der Waals surface area contributed by atoms with Crippen LogP contribution in [0.15, 0.2) is 0 Å². The molecule has 1 atom stereocenters. The molecule has 1 aliphatic rings. The predicted molar refractivity (Wildman–Crippen MR) is 69.3 cm³/mol. The number of hydrogen-bond donors (Lipinski definition) is 1. The number of carboxylic acids is 1. The SMILES string of the molecule is CSCCCN1CCS(=O)(=O)CC1CC(=O)O. The zero-order valence-corrected chi connectivity index (χ0v) is 11.6. The highest BCUT2D eigenvalue weighted by molar-refractivity contribution is 7.98. The first kappa shape index (κ1) is 14.8. The highest BCUT2D eigenvalue weighted by Gasteiger charge is 2.32. The highest BCUT2D eigenvalue weighted by Crippen LogP contribution is 2.15. The first-order chi connectivity index (χ1) is 7.94. The number of aliphatic carboxylic acids is 1. The van der Waals surface area contributed by atoms with Crippen molar-refractivity contribution in [2.24, 2.45) is 0 Å². The maximum Gasteiger partial charge on any atom is 0.304 e. The first-order valence-electron chi connectivity index (χ1n) is 5.60. The topological polar surface area (TPSA) is 74.7 Å². The molecular weight excluding hydrogens is 262 g/mol. The molecule has 1 unspecified atom stereocenters. The zero-order chi connectivity index (χ0) is 12.9. The van der Waals surface area contributed by atoms with E-state index in [1.165, 1.54) is 0 Å². The van der Waals surface area contributed by atoms with Gasteiger partial charge in [-0.2, -0.15) is 11.8 Å². The van der Waals surface area contributed by atoms with E-state index in [-0.39, 0.29) is 24.0 Å². The zero-order valence-electron chi connectivity index (χ0n) is 9.96. The van der Waals surface area contributed by atoms with Gasteiger partial charge in [-0.1, -0.05) is 0 Å². The maximum absolute atomic E-state index is 11.5. The van der Waals surface area contributed by atoms with E-state index < -0.39 is 15.8 Å². The van der Waals surface area contributed by atoms with Gasteiger partial charge in [-0.3, -0.25) is 9.69 Å². The molecule has 7 heteroatoms. The normalized spacial score (nSPS) is 24.6. The van der Waals surface area contributed by atoms with Crippen LogP contribution in [0.4, 0.5) is 0 Å². The van der Waals surface area contributed by atoms with E-state index in [4.69, 9.17) is 5.11 Å². The number of carboxylic acid groups (broad SMARTS) is 1. The number of thioether (sulfide) groups is 1. The van der Waals surface area contributed by atoms with Crippen LogP contribution in [0.1, 0.15) is 12.8 Å². The number of hydrogen-bond acceptors (Lipinski definition) is 5. The summed E-state index contributed by atoms with van der Waals surface area (Å²) >= 11 is 1.74. The van der Waals surface area contributed by atoms with Gasteiger partial charge in [0.1, 0.15) is 0 Å². The lowest BCUT2D eigenvalue weighted by Gasteiger charge is -2.34. The molecule has 0 aromatic rings. The largest absolute Gasteiger partial charge is 0.481 e. The van der Waals surface area contributed by atoms with Crippen molar-refractivity contribution in [3.63, 3.8) is 0 Å². The van der Waals surface area contributed by atoms with Crippen LogP contribution in [0.3, 0.4) is 0 Å². The molecule has 1 fully saturated rings. The van der Waals surface area contributed by atoms with Crippen molar-refractivity contribution in [2.45, 2.75) is 18.9 Å². The van der Waals surface area contributed by atoms with Crippen molar-refractivity contribution in [1.82, 2.24) is 4.90 Å². The average Bonchev–Trinajstić information content (AvgIpc) is 2.20. The Bertz CT molecular complexity index is 355. The molecule has 5 nitrogen and oxygen atoms in total. The van der Waals surface area contributed by atoms with E-state index in [0.717, 1.165) is 18.7 Å². The van der Waals surface area contributed by atoms with E-state index in [1.54, 1.807) is 11.8 Å². The summed E-state index contributed by atoms with van der Waals surface area (Å²) in [6.07, 6.45) is 2.91. The summed E-state index contributed by atoms with van der Waals surface area (Å²) < 4.78 is 23.0. The van der Waals surface area contributed by atoms with E-state index in [2.05, 4.69) is 0 Å². The van der Waals surface area contributed by atoms with Crippen LogP contribution < -0.4 is 0 Å². The van der Waals surface area contributed by atoms with E-state index >= 15 is 0 Å². The van der Waals surface area contributed by atoms with Crippen molar-refractivity contribution in [3.8, 4) is 0 Å². The molecule has 0 aromatic carbocycles. The molecule has 0 saturated carbocycles. The molecule has 0 radical (unpaired) electrons. The summed E-state index contributed by atoms with van der Waals surface area (Å²) in [7, 11) is -3.05. The van der Waals surface area contributed by atoms with Gasteiger partial charge in [-0.05, 0) is 25.0 Å². The fourth-order valence-corrected chi connectivity index (χ4v) is 4.03. The standard InChI is InChI=1S/C10H19NO4S2/c1-16-5-2-3-11-4-6-17(14,15)8-9(11)7-10(12)13/h9H,2-8H2,1H3,(H,12,13). The fourth-order valence-electron chi connectivity index (χ4n) is 2.02. The smallest absolute Gasteiger partial charge is 0.304 e. The van der Waals surface area contributed by atoms with Crippen molar-refractivity contribution in [1.29, 1.82) is 0 Å². The van der Waals surface area contributed by atoms with Crippen molar-refractivity contribution >= 4 is 27.6 Å². The van der Waals surface area contributed by atoms with Crippen molar-refractivity contribution in [3.05, 3.63) is 0 Å². The predicted octanol–water partition coefficient (Wildman–Crippen LogP) is 0.313. The lowest BCUT2D eigenvalue weighted by atomic mass is 10.2. The first-order valence-corrected chi connectivity index (χ1v) is 8.81. The van der Waals surface area contributed by atoms with E-state index in [9.17, 15) is 13.2 Å². The second-order valence-corrected chi connectivity index (χ2v) is 7.46. The van der Waals surface area contributed by atoms with Crippen LogP contribution in [-0.2, 0) is 14.6 Å². The third-order valence-electron chi connectivity index (χ3n) is 2.86. The number of nitrogens with zero attached hydrogens (tertiary/aromatic N) is 1. The molecule has 1 N–H and O–H groups in total. The molecule has 1 saturated heterocycles. The second kappa shape index (κ2) is 6.61. The third kappa shape index (κ3) is 5.27. The average molecular weight is 281 g/mol. The van der Waals surface area contributed by atoms with Crippen LogP contribution in [0.25, 0.3) is 0 Å². The highest BCUT2D eigenvalue weighted by atomic mass is 32.2. The van der Waals surface area contributed by atoms with Crippen LogP contribution >= 0.6 is 11.8 Å². The maximum atomic E-state index is 11.5. The molecule has 100 valence electrons. The molecule has 17 heavy (non-hydrogen) atoms. The summed E-state index contributed by atoms with van der Waals surface area (Å²) in [6.45, 7) is 1.25. The molecule has 1 rings (SSSR count). The van der Waals surface area contributed by atoms with Gasteiger partial charge >= 0.3 is 5.97 Å². The molecule has 0 amide bonds. The number of sulfone groups is 1. The monoisotopic (exact) mass is 281 g/mol. The van der Waals surface area contributed by atoms with Crippen LogP contribution in [0, 0.1) is 0 Å². The van der Waals surface area contributed by atoms with Crippen molar-refractivity contribution in [2.75, 3.05) is 36.6 Å². The van der Waals surface area contributed by atoms with Gasteiger partial charge in [0, 0.05) is 12.6 Å². The molecule has 0 bridgehead atoms. The minimum Gasteiger partial charge on any atom is -0.481 e. The minimum absolute atomic E-state index is 0.0153. The Kier molecular flexibility index (Phi) is 5.75. The lowest BCUT2D eigenvalue weighted by Crippen LogP contribution is -2.49. The molecule has 0 aromatic heterocycles. The fraction of sp³-hybridized carbons (Fsp3) is 0.900. The van der Waals surface area contributed by atoms with Crippen LogP contribution in [0.2, 0.25) is 0 Å². The molecule has 1 aliphatic heterocycles. The summed E-state index contributed by atoms with van der Waals surface area (Å²) in [5.74, 6) is 0.228. The second-order valence-electron chi connectivity index (χ2n) is 4.25. The molecule has 1 heterocycles. The Labute approximate surface area is 106 Å². The minimum atomic E-state index is -3.05. The van der Waals surface area contributed by atoms with Crippen LogP contribution in [0.5, 0.6) is 0 Å². The lowest BCUT2D eigenvalue weighted by molar-refractivity contribution is -0.138. The van der Waals surface area contributed by atoms with E-state index in [0.29, 0.717) is 6.54 Å². The Hall–Kier alpha value is -0.270. The van der Waals surface area contributed by atoms with Gasteiger partial charge in [-0.15, -0.1) is 0 Å². The van der Waals surface area contributed by atoms with Crippen LogP contribution in [-0.4, -0.2) is 67.0 Å². The van der Waals surface area contributed by atoms with Gasteiger partial charge in [-0.25, -0.2) is 8.42 Å². The third-order valence-corrected chi connectivity index (χ3v) is 5.25. The summed E-state index contributed by atoms with van der Waals surface area (Å²) in [6, 6.07) is -0.354. The quantitative estimate of drug-likeness (QED) is 0.706. The molecular formula is C10H19NO4S2. The van der Waals surface area contributed by atoms with Gasteiger partial charge in [0.05, 0.1) is 17.9 Å². The Balaban J connectivity index is 2.57. The van der Waals surface area contributed by atoms with Crippen molar-refractivity contribution < 1.29 is 18.3 Å². The van der Waals surface area contributed by atoms with Gasteiger partial charge in [0.15, 0.2) is 9.84 Å². The van der Waals surface area contributed by atoms with E-state index in [1.807, 2.05) is 11.2 Å². The van der Waals surface area contributed by atoms with Gasteiger partial charge in [0.25, 0.3) is 0 Å². The number of rotatable bonds is 6. The summed E-state index contributed by atoms with van der Waals surface area (Å²) in [5.41, 5.74) is 0. The van der Waals surface area contributed by atoms with Gasteiger partial charge in [0.2, 0.25) is 0 Å².